The Balaban J connectivity index is 1.48. The molecule has 0 radical (unpaired) electrons. The van der Waals surface area contributed by atoms with E-state index in [4.69, 9.17) is 5.73 Å². The first kappa shape index (κ1) is 21.9. The second-order valence-electron chi connectivity index (χ2n) is 8.43. The summed E-state index contributed by atoms with van der Waals surface area (Å²) in [5, 5.41) is 3.52. The number of nitrogens with one attached hydrogen (secondary N) is 1. The number of hydrogen-bond acceptors (Lipinski definition) is 4. The largest absolute Gasteiger partial charge is 0.383 e. The van der Waals surface area contributed by atoms with Gasteiger partial charge in [0.25, 0.3) is 5.91 Å². The molecule has 1 amide bonds. The number of primary amides is 1. The van der Waals surface area contributed by atoms with E-state index in [1.54, 1.807) is 6.07 Å². The Morgan fingerprint density at radius 1 is 0.906 bits per heavy atom. The molecule has 1 aliphatic rings. The first-order valence-corrected chi connectivity index (χ1v) is 11.3. The highest BCUT2D eigenvalue weighted by molar-refractivity contribution is 5.98. The van der Waals surface area contributed by atoms with E-state index >= 15 is 0 Å². The number of para-hydroxylation sites is 2. The third-order valence-electron chi connectivity index (χ3n) is 6.39. The van der Waals surface area contributed by atoms with Gasteiger partial charge in [-0.1, -0.05) is 54.6 Å². The van der Waals surface area contributed by atoms with Gasteiger partial charge in [-0.05, 0) is 48.7 Å². The lowest BCUT2D eigenvalue weighted by atomic mass is 9.99. The van der Waals surface area contributed by atoms with E-state index in [9.17, 15) is 4.79 Å². The van der Waals surface area contributed by atoms with Crippen LogP contribution in [0.5, 0.6) is 0 Å². The maximum Gasteiger partial charge on any atom is 0.250 e. The highest BCUT2D eigenvalue weighted by atomic mass is 16.1. The molecule has 3 aromatic rings. The molecule has 1 fully saturated rings. The number of nitrogens with zero attached hydrogens (tertiary/aromatic N) is 2. The number of carbonyl (C=O) groups is 1. The van der Waals surface area contributed by atoms with Gasteiger partial charge in [0.2, 0.25) is 0 Å². The SMILES string of the molecule is Cc1ccccc1CC(CNc1ccccc1C(N)=O)N1CCN(c2ccccc2)CC1. The van der Waals surface area contributed by atoms with E-state index in [0.29, 0.717) is 11.6 Å². The smallest absolute Gasteiger partial charge is 0.250 e. The van der Waals surface area contributed by atoms with Crippen molar-refractivity contribution in [1.29, 1.82) is 0 Å². The number of rotatable bonds is 8. The van der Waals surface area contributed by atoms with Crippen LogP contribution in [0.1, 0.15) is 21.5 Å². The van der Waals surface area contributed by atoms with E-state index in [2.05, 4.69) is 76.6 Å². The van der Waals surface area contributed by atoms with Crippen molar-refractivity contribution in [2.75, 3.05) is 42.9 Å². The fraction of sp³-hybridized carbons (Fsp3) is 0.296. The van der Waals surface area contributed by atoms with E-state index in [1.807, 2.05) is 18.2 Å². The van der Waals surface area contributed by atoms with Crippen molar-refractivity contribution in [1.82, 2.24) is 4.90 Å². The van der Waals surface area contributed by atoms with E-state index in [1.165, 1.54) is 16.8 Å². The lowest BCUT2D eigenvalue weighted by Gasteiger charge is -2.40. The normalized spacial score (nSPS) is 15.3. The maximum atomic E-state index is 11.8. The van der Waals surface area contributed by atoms with Crippen LogP contribution < -0.4 is 16.0 Å². The molecule has 1 unspecified atom stereocenters. The molecule has 0 saturated carbocycles. The number of aryl methyl sites for hydroxylation is 1. The third-order valence-corrected chi connectivity index (χ3v) is 6.39. The minimum Gasteiger partial charge on any atom is -0.383 e. The minimum absolute atomic E-state index is 0.315. The summed E-state index contributed by atoms with van der Waals surface area (Å²) in [7, 11) is 0. The summed E-state index contributed by atoms with van der Waals surface area (Å²) in [4.78, 5) is 16.9. The molecule has 5 heteroatoms. The maximum absolute atomic E-state index is 11.8. The lowest BCUT2D eigenvalue weighted by Crippen LogP contribution is -2.53. The van der Waals surface area contributed by atoms with Crippen LogP contribution in [0.25, 0.3) is 0 Å². The number of hydrogen-bond donors (Lipinski definition) is 2. The van der Waals surface area contributed by atoms with E-state index in [0.717, 1.165) is 44.8 Å². The van der Waals surface area contributed by atoms with Crippen LogP contribution in [0.4, 0.5) is 11.4 Å². The van der Waals surface area contributed by atoms with Crippen LogP contribution in [-0.4, -0.2) is 49.6 Å². The Morgan fingerprint density at radius 3 is 2.28 bits per heavy atom. The summed E-state index contributed by atoms with van der Waals surface area (Å²) in [5.74, 6) is -0.403. The number of amides is 1. The Hall–Kier alpha value is -3.31. The monoisotopic (exact) mass is 428 g/mol. The van der Waals surface area contributed by atoms with Gasteiger partial charge in [-0.15, -0.1) is 0 Å². The predicted molar refractivity (Wildman–Crippen MR) is 132 cm³/mol. The van der Waals surface area contributed by atoms with Crippen LogP contribution in [0.15, 0.2) is 78.9 Å². The Bertz CT molecular complexity index is 1030. The van der Waals surface area contributed by atoms with Gasteiger partial charge >= 0.3 is 0 Å². The van der Waals surface area contributed by atoms with Crippen LogP contribution >= 0.6 is 0 Å². The lowest BCUT2D eigenvalue weighted by molar-refractivity contribution is 0.100. The second kappa shape index (κ2) is 10.3. The molecule has 5 nitrogen and oxygen atoms in total. The van der Waals surface area contributed by atoms with E-state index < -0.39 is 5.91 Å². The average molecular weight is 429 g/mol. The molecule has 0 aliphatic carbocycles. The van der Waals surface area contributed by atoms with Crippen molar-refractivity contribution < 1.29 is 4.79 Å². The molecule has 166 valence electrons. The van der Waals surface area contributed by atoms with Crippen LogP contribution in [0, 0.1) is 6.92 Å². The quantitative estimate of drug-likeness (QED) is 0.571. The van der Waals surface area contributed by atoms with Crippen molar-refractivity contribution in [3.8, 4) is 0 Å². The molecule has 1 heterocycles. The van der Waals surface area contributed by atoms with Gasteiger partial charge in [0.1, 0.15) is 0 Å². The van der Waals surface area contributed by atoms with Crippen LogP contribution in [-0.2, 0) is 6.42 Å². The van der Waals surface area contributed by atoms with Crippen LogP contribution in [0.2, 0.25) is 0 Å². The third kappa shape index (κ3) is 5.29. The Morgan fingerprint density at radius 2 is 1.56 bits per heavy atom. The van der Waals surface area contributed by atoms with Gasteiger partial charge in [0.05, 0.1) is 5.56 Å². The molecular weight excluding hydrogens is 396 g/mol. The molecule has 0 aromatic heterocycles. The summed E-state index contributed by atoms with van der Waals surface area (Å²) in [6.07, 6.45) is 0.962. The van der Waals surface area contributed by atoms with Gasteiger partial charge in [-0.25, -0.2) is 0 Å². The summed E-state index contributed by atoms with van der Waals surface area (Å²) in [6.45, 7) is 6.95. The number of nitrogens with two attached hydrogens (primary N) is 1. The fourth-order valence-corrected chi connectivity index (χ4v) is 4.49. The first-order valence-electron chi connectivity index (χ1n) is 11.3. The van der Waals surface area contributed by atoms with Gasteiger partial charge in [-0.3, -0.25) is 9.69 Å². The van der Waals surface area contributed by atoms with Gasteiger partial charge in [0.15, 0.2) is 0 Å². The molecule has 1 saturated heterocycles. The molecule has 0 spiro atoms. The first-order chi connectivity index (χ1) is 15.6. The van der Waals surface area contributed by atoms with Crippen molar-refractivity contribution in [3.05, 3.63) is 95.6 Å². The average Bonchev–Trinajstić information content (AvgIpc) is 2.84. The second-order valence-corrected chi connectivity index (χ2v) is 8.43. The van der Waals surface area contributed by atoms with E-state index in [-0.39, 0.29) is 0 Å². The summed E-state index contributed by atoms with van der Waals surface area (Å²) < 4.78 is 0. The molecule has 1 aliphatic heterocycles. The molecule has 3 N–H and O–H groups in total. The standard InChI is InChI=1S/C27H32N4O/c1-21-9-5-6-10-22(21)19-24(20-29-26-14-8-7-13-25(26)27(28)32)31-17-15-30(16-18-31)23-11-3-2-4-12-23/h2-14,24,29H,15-20H2,1H3,(H2,28,32). The minimum atomic E-state index is -0.403. The Labute approximate surface area is 190 Å². The van der Waals surface area contributed by atoms with Gasteiger partial charge in [-0.2, -0.15) is 0 Å². The fourth-order valence-electron chi connectivity index (χ4n) is 4.49. The molecule has 1 atom stereocenters. The zero-order valence-corrected chi connectivity index (χ0v) is 18.7. The van der Waals surface area contributed by atoms with Crippen molar-refractivity contribution in [3.63, 3.8) is 0 Å². The topological polar surface area (TPSA) is 61.6 Å². The van der Waals surface area contributed by atoms with Crippen molar-refractivity contribution in [2.24, 2.45) is 5.73 Å². The zero-order valence-electron chi connectivity index (χ0n) is 18.7. The molecule has 3 aromatic carbocycles. The van der Waals surface area contributed by atoms with Crippen molar-refractivity contribution in [2.45, 2.75) is 19.4 Å². The zero-order chi connectivity index (χ0) is 22.3. The molecule has 0 bridgehead atoms. The molecular formula is C27H32N4O. The van der Waals surface area contributed by atoms with Gasteiger partial charge in [0, 0.05) is 50.1 Å². The number of anilines is 2. The highest BCUT2D eigenvalue weighted by Gasteiger charge is 2.25. The Kier molecular flexibility index (Phi) is 7.07. The van der Waals surface area contributed by atoms with Crippen molar-refractivity contribution >= 4 is 17.3 Å². The summed E-state index contributed by atoms with van der Waals surface area (Å²) in [5.41, 5.74) is 10.9. The number of benzene rings is 3. The summed E-state index contributed by atoms with van der Waals surface area (Å²) in [6, 6.07) is 27.0. The molecule has 32 heavy (non-hydrogen) atoms. The van der Waals surface area contributed by atoms with Gasteiger partial charge < -0.3 is 16.0 Å². The number of piperazine rings is 1. The highest BCUT2D eigenvalue weighted by Crippen LogP contribution is 2.21. The van der Waals surface area contributed by atoms with Crippen LogP contribution in [0.3, 0.4) is 0 Å². The summed E-state index contributed by atoms with van der Waals surface area (Å²) >= 11 is 0. The molecule has 4 rings (SSSR count). The number of carbonyl (C=O) groups excluding carboxylic acids is 1. The predicted octanol–water partition coefficient (Wildman–Crippen LogP) is 3.94.